The zero-order valence-electron chi connectivity index (χ0n) is 30.4. The van der Waals surface area contributed by atoms with E-state index < -0.39 is 60.6 Å². The lowest BCUT2D eigenvalue weighted by Crippen LogP contribution is -2.62. The molecule has 13 heteroatoms. The van der Waals surface area contributed by atoms with E-state index in [0.717, 1.165) is 43.3 Å². The predicted molar refractivity (Wildman–Crippen MR) is 181 cm³/mol. The highest BCUT2D eigenvalue weighted by molar-refractivity contribution is 5.70. The van der Waals surface area contributed by atoms with Crippen LogP contribution < -0.4 is 0 Å². The molecule has 52 heavy (non-hydrogen) atoms. The molecule has 10 aliphatic rings. The second-order valence-electron chi connectivity index (χ2n) is 16.9. The summed E-state index contributed by atoms with van der Waals surface area (Å²) >= 11 is 0. The average molecular weight is 733 g/mol. The highest BCUT2D eigenvalue weighted by Crippen LogP contribution is 2.54. The van der Waals surface area contributed by atoms with E-state index in [1.165, 1.54) is 7.11 Å². The Labute approximate surface area is 305 Å². The van der Waals surface area contributed by atoms with E-state index in [2.05, 4.69) is 20.1 Å². The largest absolute Gasteiger partial charge is 0.457 e. The van der Waals surface area contributed by atoms with Crippen LogP contribution in [0.2, 0.25) is 0 Å². The first-order valence-corrected chi connectivity index (χ1v) is 19.8. The Balaban J connectivity index is 1.00. The van der Waals surface area contributed by atoms with E-state index in [4.69, 9.17) is 47.4 Å². The van der Waals surface area contributed by atoms with Gasteiger partial charge in [-0.3, -0.25) is 4.79 Å². The van der Waals surface area contributed by atoms with Crippen LogP contribution in [0.1, 0.15) is 84.0 Å². The van der Waals surface area contributed by atoms with Gasteiger partial charge >= 0.3 is 5.97 Å². The molecular formula is C39H56O13. The van der Waals surface area contributed by atoms with Crippen LogP contribution in [-0.4, -0.2) is 139 Å². The maximum absolute atomic E-state index is 13.8. The van der Waals surface area contributed by atoms with Crippen LogP contribution in [0.25, 0.3) is 0 Å². The van der Waals surface area contributed by atoms with Crippen molar-refractivity contribution in [2.75, 3.05) is 13.7 Å². The molecule has 0 saturated carbocycles. The van der Waals surface area contributed by atoms with Gasteiger partial charge in [-0.1, -0.05) is 20.1 Å². The summed E-state index contributed by atoms with van der Waals surface area (Å²) in [6.07, 6.45) is 0.205. The Kier molecular flexibility index (Phi) is 9.89. The minimum absolute atomic E-state index is 0.00339. The quantitative estimate of drug-likeness (QED) is 0.324. The van der Waals surface area contributed by atoms with Crippen molar-refractivity contribution in [3.63, 3.8) is 0 Å². The maximum Gasteiger partial charge on any atom is 0.308 e. The van der Waals surface area contributed by atoms with Crippen molar-refractivity contribution in [1.82, 2.24) is 0 Å². The van der Waals surface area contributed by atoms with E-state index in [9.17, 15) is 15.0 Å². The molecule has 10 rings (SSSR count). The highest BCUT2D eigenvalue weighted by atomic mass is 16.8. The van der Waals surface area contributed by atoms with E-state index in [1.807, 2.05) is 0 Å². The fourth-order valence-corrected chi connectivity index (χ4v) is 10.8. The second kappa shape index (κ2) is 14.2. The van der Waals surface area contributed by atoms with Crippen molar-refractivity contribution >= 4 is 5.97 Å². The van der Waals surface area contributed by atoms with E-state index >= 15 is 0 Å². The normalized spacial score (nSPS) is 53.3. The van der Waals surface area contributed by atoms with Gasteiger partial charge < -0.3 is 57.6 Å². The Hall–Kier alpha value is -1.49. The molecule has 0 amide bonds. The van der Waals surface area contributed by atoms with E-state index in [1.54, 1.807) is 0 Å². The molecule has 0 radical (unpaired) electrons. The molecule has 0 aromatic carbocycles. The van der Waals surface area contributed by atoms with Crippen molar-refractivity contribution in [2.24, 2.45) is 5.92 Å². The van der Waals surface area contributed by atoms with Gasteiger partial charge in [-0.15, -0.1) is 0 Å². The topological polar surface area (TPSA) is 150 Å². The van der Waals surface area contributed by atoms with Crippen molar-refractivity contribution in [3.8, 4) is 0 Å². The lowest BCUT2D eigenvalue weighted by molar-refractivity contribution is -0.293. The van der Waals surface area contributed by atoms with Crippen molar-refractivity contribution < 1.29 is 62.4 Å². The lowest BCUT2D eigenvalue weighted by atomic mass is 9.83. The van der Waals surface area contributed by atoms with E-state index in [-0.39, 0.29) is 80.3 Å². The lowest BCUT2D eigenvalue weighted by Gasteiger charge is -2.47. The smallest absolute Gasteiger partial charge is 0.308 e. The van der Waals surface area contributed by atoms with Crippen LogP contribution in [0.15, 0.2) is 24.3 Å². The zero-order chi connectivity index (χ0) is 35.9. The first-order chi connectivity index (χ1) is 25.1. The summed E-state index contributed by atoms with van der Waals surface area (Å²) in [6, 6.07) is 0. The van der Waals surface area contributed by atoms with Crippen LogP contribution in [0.4, 0.5) is 0 Å². The number of methoxy groups -OCH3 is 1. The minimum atomic E-state index is -1.11. The van der Waals surface area contributed by atoms with Gasteiger partial charge in [0.1, 0.15) is 48.8 Å². The third kappa shape index (κ3) is 6.43. The number of aliphatic hydroxyl groups is 2. The van der Waals surface area contributed by atoms with E-state index in [0.29, 0.717) is 32.1 Å². The number of hydrogen-bond acceptors (Lipinski definition) is 13. The fraction of sp³-hybridized carbons (Fsp3) is 0.872. The molecule has 290 valence electrons. The summed E-state index contributed by atoms with van der Waals surface area (Å²) in [7, 11) is 1.49. The average Bonchev–Trinajstić information content (AvgIpc) is 3.70. The molecular weight excluding hydrogens is 676 g/mol. The Bertz CT molecular complexity index is 1380. The second-order valence-corrected chi connectivity index (χ2v) is 16.9. The first kappa shape index (κ1) is 36.2. The summed E-state index contributed by atoms with van der Waals surface area (Å²) in [4.78, 5) is 13.8. The van der Waals surface area contributed by atoms with Gasteiger partial charge in [0.25, 0.3) is 0 Å². The molecule has 13 nitrogen and oxygen atoms in total. The van der Waals surface area contributed by atoms with Gasteiger partial charge in [0.2, 0.25) is 0 Å². The molecule has 1 unspecified atom stereocenters. The van der Waals surface area contributed by atoms with Crippen LogP contribution >= 0.6 is 0 Å². The van der Waals surface area contributed by atoms with Crippen molar-refractivity contribution in [2.45, 2.75) is 194 Å². The third-order valence-electron chi connectivity index (χ3n) is 13.5. The van der Waals surface area contributed by atoms with Gasteiger partial charge in [0.15, 0.2) is 11.9 Å². The van der Waals surface area contributed by atoms with Crippen LogP contribution in [0.3, 0.4) is 0 Å². The number of carbonyl (C=O) groups is 1. The summed E-state index contributed by atoms with van der Waals surface area (Å²) in [6.45, 7) is 10.8. The zero-order valence-corrected chi connectivity index (χ0v) is 30.4. The molecule has 0 aromatic rings. The Morgan fingerprint density at radius 1 is 0.769 bits per heavy atom. The Morgan fingerprint density at radius 2 is 1.52 bits per heavy atom. The summed E-state index contributed by atoms with van der Waals surface area (Å²) in [5.74, 6) is -1.09. The fourth-order valence-electron chi connectivity index (χ4n) is 10.8. The number of esters is 1. The van der Waals surface area contributed by atoms with Gasteiger partial charge in [-0.05, 0) is 68.4 Å². The SMILES string of the molecule is C=C1C[C@@H]2CC[C@@]34C[C@H]5O[C@@H]6C(O[C@H]7CC[C@H](CC(=O)O[C@@H]8[C@@H](OC)[C@H](O)[C@H](CCO)O[C@H]8C[C@H]8O[C@@H](CC[C@@H]1O2)C[C@@H](C)C8=C)O[C@@H]7[C@@H]6O3)[C@H]5O4. The van der Waals surface area contributed by atoms with Crippen LogP contribution in [0, 0.1) is 5.92 Å². The molecule has 0 aromatic heterocycles. The number of rotatable bonds is 3. The molecule has 10 heterocycles. The van der Waals surface area contributed by atoms with Gasteiger partial charge in [-0.25, -0.2) is 0 Å². The third-order valence-corrected chi connectivity index (χ3v) is 13.5. The highest BCUT2D eigenvalue weighted by Gasteiger charge is 2.68. The monoisotopic (exact) mass is 732 g/mol. The molecule has 1 spiro atoms. The molecule has 10 fully saturated rings. The number of carbonyl (C=O) groups excluding carboxylic acids is 1. The van der Waals surface area contributed by atoms with Crippen LogP contribution in [0.5, 0.6) is 0 Å². The Morgan fingerprint density at radius 3 is 2.35 bits per heavy atom. The van der Waals surface area contributed by atoms with Gasteiger partial charge in [-0.2, -0.15) is 0 Å². The summed E-state index contributed by atoms with van der Waals surface area (Å²) in [5, 5.41) is 21.1. The number of aliphatic hydroxyl groups excluding tert-OH is 2. The number of ether oxygens (including phenoxy) is 10. The van der Waals surface area contributed by atoms with Gasteiger partial charge in [0, 0.05) is 33.0 Å². The standard InChI is InChI=1S/C39H56O13/c1-18-13-21-5-7-24-19(2)14-23(44-24)9-11-39-17-29-34(51-39)36-37(49-29)38(52-39)32-26(48-36)8-6-22(46-32)15-30(41)50-33-28(16-27(45-21)20(18)3)47-25(10-12-40)31(42)35(33)43-4/h18,21-29,31-38,40,42H,2-3,5-17H2,1,4H3/t18-,21+,22-,23+,24+,25+,26+,27-,28+,29-,31-,32+,33+,34+,35+,36?,37-,38+,39+/m1/s1. The summed E-state index contributed by atoms with van der Waals surface area (Å²) in [5.41, 5.74) is 2.07. The number of hydrogen-bond donors (Lipinski definition) is 2. The molecule has 2 N–H and O–H groups in total. The summed E-state index contributed by atoms with van der Waals surface area (Å²) < 4.78 is 65.4. The minimum Gasteiger partial charge on any atom is -0.457 e. The van der Waals surface area contributed by atoms with Crippen molar-refractivity contribution in [1.29, 1.82) is 0 Å². The van der Waals surface area contributed by atoms with Crippen LogP contribution in [-0.2, 0) is 52.2 Å². The molecule has 0 aliphatic carbocycles. The van der Waals surface area contributed by atoms with Crippen molar-refractivity contribution in [3.05, 3.63) is 24.3 Å². The molecule has 10 aliphatic heterocycles. The predicted octanol–water partition coefficient (Wildman–Crippen LogP) is 2.81. The first-order valence-electron chi connectivity index (χ1n) is 19.8. The maximum atomic E-state index is 13.8. The van der Waals surface area contributed by atoms with Gasteiger partial charge in [0.05, 0.1) is 55.3 Å². The number of fused-ring (bicyclic) bond motifs is 6. The molecule has 10 saturated heterocycles. The molecule has 12 bridgehead atoms. The molecule has 19 atom stereocenters.